The summed E-state index contributed by atoms with van der Waals surface area (Å²) in [6.07, 6.45) is 3.19. The van der Waals surface area contributed by atoms with E-state index in [1.54, 1.807) is 24.5 Å². The summed E-state index contributed by atoms with van der Waals surface area (Å²) in [5.41, 5.74) is 0.675. The molecular formula is C10H14N2O2. The lowest BCUT2D eigenvalue weighted by Crippen LogP contribution is -2.33. The zero-order valence-corrected chi connectivity index (χ0v) is 8.27. The van der Waals surface area contributed by atoms with Gasteiger partial charge < -0.3 is 5.11 Å². The van der Waals surface area contributed by atoms with Crippen molar-refractivity contribution in [3.8, 4) is 0 Å². The Bertz CT molecular complexity index is 298. The molecule has 1 rings (SSSR count). The molecule has 0 amide bonds. The van der Waals surface area contributed by atoms with Gasteiger partial charge in [0.15, 0.2) is 0 Å². The highest BCUT2D eigenvalue weighted by Gasteiger charge is 2.19. The van der Waals surface area contributed by atoms with Crippen LogP contribution < -0.4 is 5.32 Å². The quantitative estimate of drug-likeness (QED) is 0.756. The fourth-order valence-electron chi connectivity index (χ4n) is 1.19. The molecule has 0 aliphatic rings. The maximum Gasteiger partial charge on any atom is 0.325 e. The van der Waals surface area contributed by atoms with Crippen molar-refractivity contribution in [2.45, 2.75) is 25.9 Å². The van der Waals surface area contributed by atoms with Crippen LogP contribution in [0.1, 0.15) is 25.5 Å². The number of carbonyl (C=O) groups is 1. The number of hydrogen-bond acceptors (Lipinski definition) is 3. The molecule has 0 aliphatic heterocycles. The predicted octanol–water partition coefficient (Wildman–Crippen LogP) is 1.21. The summed E-state index contributed by atoms with van der Waals surface area (Å²) in [5.74, 6) is -0.883. The molecule has 1 heterocycles. The van der Waals surface area contributed by atoms with Crippen LogP contribution >= 0.6 is 0 Å². The van der Waals surface area contributed by atoms with E-state index in [1.165, 1.54) is 0 Å². The molecule has 1 aromatic rings. The van der Waals surface area contributed by atoms with E-state index in [0.29, 0.717) is 5.56 Å². The van der Waals surface area contributed by atoms with Crippen molar-refractivity contribution >= 4 is 5.97 Å². The standard InChI is InChI=1S/C10H14N2O2/c1-7(2)12-9(10(13)14)8-4-3-5-11-6-8/h3-7,9,12H,1-2H3,(H,13,14). The highest BCUT2D eigenvalue weighted by Crippen LogP contribution is 2.11. The fourth-order valence-corrected chi connectivity index (χ4v) is 1.19. The summed E-state index contributed by atoms with van der Waals surface area (Å²) in [5, 5.41) is 11.9. The number of aromatic nitrogens is 1. The highest BCUT2D eigenvalue weighted by molar-refractivity contribution is 5.75. The van der Waals surface area contributed by atoms with Crippen molar-refractivity contribution in [1.29, 1.82) is 0 Å². The lowest BCUT2D eigenvalue weighted by atomic mass is 10.1. The Morgan fingerprint density at radius 3 is 2.71 bits per heavy atom. The zero-order chi connectivity index (χ0) is 10.6. The SMILES string of the molecule is CC(C)NC(C(=O)O)c1cccnc1. The third-order valence-corrected chi connectivity index (χ3v) is 1.76. The maximum atomic E-state index is 10.9. The van der Waals surface area contributed by atoms with Crippen molar-refractivity contribution < 1.29 is 9.90 Å². The molecule has 4 heteroatoms. The number of pyridine rings is 1. The number of hydrogen-bond donors (Lipinski definition) is 2. The molecule has 0 fully saturated rings. The molecule has 0 radical (unpaired) electrons. The molecule has 0 saturated carbocycles. The van der Waals surface area contributed by atoms with Crippen molar-refractivity contribution in [3.63, 3.8) is 0 Å². The van der Waals surface area contributed by atoms with Crippen LogP contribution in [0.4, 0.5) is 0 Å². The van der Waals surface area contributed by atoms with Crippen LogP contribution in [-0.4, -0.2) is 22.1 Å². The van der Waals surface area contributed by atoms with Gasteiger partial charge in [0.25, 0.3) is 0 Å². The first-order valence-corrected chi connectivity index (χ1v) is 4.50. The maximum absolute atomic E-state index is 10.9. The second kappa shape index (κ2) is 4.72. The van der Waals surface area contributed by atoms with E-state index in [-0.39, 0.29) is 6.04 Å². The summed E-state index contributed by atoms with van der Waals surface area (Å²) < 4.78 is 0. The Morgan fingerprint density at radius 1 is 1.57 bits per heavy atom. The van der Waals surface area contributed by atoms with Gasteiger partial charge in [-0.15, -0.1) is 0 Å². The molecule has 4 nitrogen and oxygen atoms in total. The summed E-state index contributed by atoms with van der Waals surface area (Å²) in [6, 6.07) is 2.93. The number of nitrogens with zero attached hydrogens (tertiary/aromatic N) is 1. The van der Waals surface area contributed by atoms with E-state index in [4.69, 9.17) is 5.11 Å². The predicted molar refractivity (Wildman–Crippen MR) is 52.9 cm³/mol. The van der Waals surface area contributed by atoms with Crippen LogP contribution in [0.25, 0.3) is 0 Å². The minimum absolute atomic E-state index is 0.122. The monoisotopic (exact) mass is 194 g/mol. The number of rotatable bonds is 4. The smallest absolute Gasteiger partial charge is 0.325 e. The average molecular weight is 194 g/mol. The first-order chi connectivity index (χ1) is 6.61. The Kier molecular flexibility index (Phi) is 3.59. The largest absolute Gasteiger partial charge is 0.480 e. The van der Waals surface area contributed by atoms with E-state index < -0.39 is 12.0 Å². The fraction of sp³-hybridized carbons (Fsp3) is 0.400. The van der Waals surface area contributed by atoms with Gasteiger partial charge in [0, 0.05) is 18.4 Å². The van der Waals surface area contributed by atoms with Gasteiger partial charge in [0.2, 0.25) is 0 Å². The Hall–Kier alpha value is -1.42. The molecule has 1 unspecified atom stereocenters. The molecule has 0 aliphatic carbocycles. The van der Waals surface area contributed by atoms with Crippen molar-refractivity contribution in [1.82, 2.24) is 10.3 Å². The second-order valence-corrected chi connectivity index (χ2v) is 3.38. The van der Waals surface area contributed by atoms with Gasteiger partial charge in [-0.05, 0) is 25.5 Å². The molecular weight excluding hydrogens is 180 g/mol. The molecule has 0 spiro atoms. The lowest BCUT2D eigenvalue weighted by molar-refractivity contribution is -0.139. The molecule has 1 aromatic heterocycles. The van der Waals surface area contributed by atoms with E-state index in [1.807, 2.05) is 13.8 Å². The topological polar surface area (TPSA) is 62.2 Å². The molecule has 0 bridgehead atoms. The summed E-state index contributed by atoms with van der Waals surface area (Å²) in [4.78, 5) is 14.8. The van der Waals surface area contributed by atoms with Crippen LogP contribution in [0.15, 0.2) is 24.5 Å². The molecule has 76 valence electrons. The third kappa shape index (κ3) is 2.81. The third-order valence-electron chi connectivity index (χ3n) is 1.76. The first kappa shape index (κ1) is 10.7. The minimum atomic E-state index is -0.883. The normalized spacial score (nSPS) is 12.8. The first-order valence-electron chi connectivity index (χ1n) is 4.50. The summed E-state index contributed by atoms with van der Waals surface area (Å²) in [7, 11) is 0. The molecule has 14 heavy (non-hydrogen) atoms. The van der Waals surface area contributed by atoms with E-state index in [0.717, 1.165) is 0 Å². The van der Waals surface area contributed by atoms with Gasteiger partial charge in [-0.2, -0.15) is 0 Å². The van der Waals surface area contributed by atoms with Crippen LogP contribution in [-0.2, 0) is 4.79 Å². The van der Waals surface area contributed by atoms with E-state index in [2.05, 4.69) is 10.3 Å². The van der Waals surface area contributed by atoms with Crippen LogP contribution in [0.2, 0.25) is 0 Å². The van der Waals surface area contributed by atoms with Crippen LogP contribution in [0.5, 0.6) is 0 Å². The van der Waals surface area contributed by atoms with Gasteiger partial charge in [-0.3, -0.25) is 15.1 Å². The Labute approximate surface area is 83.0 Å². The Morgan fingerprint density at radius 2 is 2.29 bits per heavy atom. The van der Waals surface area contributed by atoms with Crippen LogP contribution in [0, 0.1) is 0 Å². The van der Waals surface area contributed by atoms with Gasteiger partial charge in [0.05, 0.1) is 0 Å². The minimum Gasteiger partial charge on any atom is -0.480 e. The van der Waals surface area contributed by atoms with Gasteiger partial charge in [0.1, 0.15) is 6.04 Å². The van der Waals surface area contributed by atoms with E-state index in [9.17, 15) is 4.79 Å². The second-order valence-electron chi connectivity index (χ2n) is 3.38. The van der Waals surface area contributed by atoms with Gasteiger partial charge in [-0.1, -0.05) is 6.07 Å². The zero-order valence-electron chi connectivity index (χ0n) is 8.27. The molecule has 2 N–H and O–H groups in total. The van der Waals surface area contributed by atoms with Crippen molar-refractivity contribution in [3.05, 3.63) is 30.1 Å². The van der Waals surface area contributed by atoms with Crippen LogP contribution in [0.3, 0.4) is 0 Å². The molecule has 1 atom stereocenters. The van der Waals surface area contributed by atoms with Gasteiger partial charge in [-0.25, -0.2) is 0 Å². The van der Waals surface area contributed by atoms with E-state index >= 15 is 0 Å². The summed E-state index contributed by atoms with van der Waals surface area (Å²) in [6.45, 7) is 3.82. The number of nitrogens with one attached hydrogen (secondary N) is 1. The Balaban J connectivity index is 2.84. The number of carboxylic acids is 1. The molecule has 0 aromatic carbocycles. The van der Waals surface area contributed by atoms with Crippen molar-refractivity contribution in [2.75, 3.05) is 0 Å². The summed E-state index contributed by atoms with van der Waals surface area (Å²) >= 11 is 0. The lowest BCUT2D eigenvalue weighted by Gasteiger charge is -2.16. The average Bonchev–Trinajstić information content (AvgIpc) is 2.15. The highest BCUT2D eigenvalue weighted by atomic mass is 16.4. The number of carboxylic acid groups (broad SMARTS) is 1. The van der Waals surface area contributed by atoms with Crippen molar-refractivity contribution in [2.24, 2.45) is 0 Å². The molecule has 0 saturated heterocycles. The number of aliphatic carboxylic acids is 1. The van der Waals surface area contributed by atoms with Gasteiger partial charge >= 0.3 is 5.97 Å².